The number of hydrogen-bond donors (Lipinski definition) is 0. The van der Waals surface area contributed by atoms with Crippen LogP contribution in [0.3, 0.4) is 0 Å². The molecule has 0 N–H and O–H groups in total. The molecule has 0 aliphatic heterocycles. The zero-order valence-corrected chi connectivity index (χ0v) is 18.1. The highest BCUT2D eigenvalue weighted by Crippen LogP contribution is 2.32. The molecule has 0 aliphatic carbocycles. The van der Waals surface area contributed by atoms with Crippen molar-refractivity contribution in [3.8, 4) is 34.5 Å². The van der Waals surface area contributed by atoms with E-state index in [9.17, 15) is 12.8 Å². The third kappa shape index (κ3) is 4.65. The zero-order chi connectivity index (χ0) is 22.7. The van der Waals surface area contributed by atoms with Gasteiger partial charge < -0.3 is 18.4 Å². The van der Waals surface area contributed by atoms with Crippen LogP contribution < -0.4 is 9.47 Å². The maximum atomic E-state index is 13.8. The van der Waals surface area contributed by atoms with Crippen LogP contribution in [0.2, 0.25) is 0 Å². The van der Waals surface area contributed by atoms with Crippen LogP contribution in [0.4, 0.5) is 4.39 Å². The summed E-state index contributed by atoms with van der Waals surface area (Å²) in [6.07, 6.45) is 0. The molecule has 0 unspecified atom stereocenters. The van der Waals surface area contributed by atoms with Crippen molar-refractivity contribution >= 4 is 9.84 Å². The van der Waals surface area contributed by atoms with E-state index < -0.39 is 27.2 Å². The Balaban J connectivity index is 1.51. The lowest BCUT2D eigenvalue weighted by Gasteiger charge is -2.07. The van der Waals surface area contributed by atoms with E-state index in [1.54, 1.807) is 30.3 Å². The Hall–Kier alpha value is -3.66. The van der Waals surface area contributed by atoms with Crippen LogP contribution in [0.5, 0.6) is 11.5 Å². The highest BCUT2D eigenvalue weighted by Gasteiger charge is 2.20. The SMILES string of the molecule is COc1ccc(-c2noc(-c3ccc(CS(=O)(=O)Cc4ccccc4F)o3)n2)cc1OC. The first kappa shape index (κ1) is 21.6. The summed E-state index contributed by atoms with van der Waals surface area (Å²) in [5.41, 5.74) is 0.743. The van der Waals surface area contributed by atoms with Gasteiger partial charge in [-0.2, -0.15) is 4.98 Å². The summed E-state index contributed by atoms with van der Waals surface area (Å²) in [6.45, 7) is 0. The van der Waals surface area contributed by atoms with Gasteiger partial charge in [0.1, 0.15) is 17.3 Å². The van der Waals surface area contributed by atoms with Gasteiger partial charge in [0.05, 0.1) is 20.0 Å². The fraction of sp³-hybridized carbons (Fsp3) is 0.182. The summed E-state index contributed by atoms with van der Waals surface area (Å²) in [5.74, 6) is 0.479. The topological polar surface area (TPSA) is 105 Å². The Labute approximate surface area is 183 Å². The van der Waals surface area contributed by atoms with Crippen molar-refractivity contribution in [2.75, 3.05) is 14.2 Å². The number of nitrogens with zero attached hydrogens (tertiary/aromatic N) is 2. The number of rotatable bonds is 8. The van der Waals surface area contributed by atoms with Crippen LogP contribution in [0, 0.1) is 5.82 Å². The van der Waals surface area contributed by atoms with Crippen LogP contribution in [0.25, 0.3) is 23.0 Å². The van der Waals surface area contributed by atoms with Crippen molar-refractivity contribution in [1.29, 1.82) is 0 Å². The van der Waals surface area contributed by atoms with Crippen molar-refractivity contribution < 1.29 is 31.2 Å². The van der Waals surface area contributed by atoms with E-state index in [0.717, 1.165) is 0 Å². The molecular formula is C22H19FN2O6S. The quantitative estimate of drug-likeness (QED) is 0.386. The van der Waals surface area contributed by atoms with Crippen molar-refractivity contribution in [2.45, 2.75) is 11.5 Å². The summed E-state index contributed by atoms with van der Waals surface area (Å²) in [6, 6.07) is 14.0. The molecule has 0 spiro atoms. The average Bonchev–Trinajstić information content (AvgIpc) is 3.44. The molecule has 0 atom stereocenters. The van der Waals surface area contributed by atoms with E-state index in [2.05, 4.69) is 10.1 Å². The Morgan fingerprint density at radius 1 is 0.969 bits per heavy atom. The standard InChI is InChI=1S/C22H19FN2O6S/c1-28-18-9-7-14(11-20(18)29-2)21-24-22(31-25-21)19-10-8-16(30-19)13-32(26,27)12-15-5-3-4-6-17(15)23/h3-11H,12-13H2,1-2H3. The van der Waals surface area contributed by atoms with Gasteiger partial charge in [-0.1, -0.05) is 23.4 Å². The molecule has 4 aromatic rings. The Bertz CT molecular complexity index is 1350. The second kappa shape index (κ2) is 8.83. The van der Waals surface area contributed by atoms with Gasteiger partial charge in [0.15, 0.2) is 27.1 Å². The fourth-order valence-electron chi connectivity index (χ4n) is 3.11. The van der Waals surface area contributed by atoms with Gasteiger partial charge in [-0.05, 0) is 36.4 Å². The first-order valence-electron chi connectivity index (χ1n) is 9.47. The molecule has 0 bridgehead atoms. The zero-order valence-electron chi connectivity index (χ0n) is 17.2. The monoisotopic (exact) mass is 458 g/mol. The van der Waals surface area contributed by atoms with E-state index in [1.165, 1.54) is 38.5 Å². The lowest BCUT2D eigenvalue weighted by Crippen LogP contribution is -2.08. The molecule has 2 heterocycles. The molecule has 0 aliphatic rings. The average molecular weight is 458 g/mol. The number of aromatic nitrogens is 2. The molecule has 2 aromatic heterocycles. The van der Waals surface area contributed by atoms with E-state index >= 15 is 0 Å². The Kier molecular flexibility index (Phi) is 5.95. The minimum atomic E-state index is -3.66. The van der Waals surface area contributed by atoms with Crippen LogP contribution in [0.1, 0.15) is 11.3 Å². The van der Waals surface area contributed by atoms with Crippen LogP contribution in [0.15, 0.2) is 63.5 Å². The Morgan fingerprint density at radius 2 is 1.75 bits per heavy atom. The summed E-state index contributed by atoms with van der Waals surface area (Å²) in [4.78, 5) is 4.30. The van der Waals surface area contributed by atoms with Crippen molar-refractivity contribution in [2.24, 2.45) is 0 Å². The molecule has 0 saturated carbocycles. The molecule has 0 saturated heterocycles. The molecule has 32 heavy (non-hydrogen) atoms. The van der Waals surface area contributed by atoms with Crippen molar-refractivity contribution in [1.82, 2.24) is 10.1 Å². The molecule has 0 fully saturated rings. The number of halogens is 1. The number of methoxy groups -OCH3 is 2. The largest absolute Gasteiger partial charge is 0.493 e. The predicted octanol–water partition coefficient (Wildman–Crippen LogP) is 4.27. The number of sulfone groups is 1. The minimum Gasteiger partial charge on any atom is -0.493 e. The van der Waals surface area contributed by atoms with Crippen LogP contribution in [-0.4, -0.2) is 32.8 Å². The minimum absolute atomic E-state index is 0.0903. The smallest absolute Gasteiger partial charge is 0.293 e. The van der Waals surface area contributed by atoms with Gasteiger partial charge >= 0.3 is 0 Å². The maximum absolute atomic E-state index is 13.8. The maximum Gasteiger partial charge on any atom is 0.293 e. The third-order valence-corrected chi connectivity index (χ3v) is 6.11. The summed E-state index contributed by atoms with van der Waals surface area (Å²) >= 11 is 0. The van der Waals surface area contributed by atoms with Crippen LogP contribution >= 0.6 is 0 Å². The summed E-state index contributed by atoms with van der Waals surface area (Å²) < 4.78 is 60.1. The second-order valence-electron chi connectivity index (χ2n) is 6.88. The highest BCUT2D eigenvalue weighted by atomic mass is 32.2. The normalized spacial score (nSPS) is 11.5. The van der Waals surface area contributed by atoms with Crippen molar-refractivity contribution in [3.63, 3.8) is 0 Å². The van der Waals surface area contributed by atoms with Gasteiger partial charge in [0, 0.05) is 11.1 Å². The number of ether oxygens (including phenoxy) is 2. The number of hydrogen-bond acceptors (Lipinski definition) is 8. The second-order valence-corrected chi connectivity index (χ2v) is 8.95. The molecule has 4 rings (SSSR count). The molecular weight excluding hydrogens is 439 g/mol. The van der Waals surface area contributed by atoms with E-state index in [1.807, 2.05) is 0 Å². The van der Waals surface area contributed by atoms with Crippen LogP contribution in [-0.2, 0) is 21.3 Å². The first-order chi connectivity index (χ1) is 15.4. The van der Waals surface area contributed by atoms with Gasteiger partial charge in [0.2, 0.25) is 5.82 Å². The van der Waals surface area contributed by atoms with Gasteiger partial charge in [-0.15, -0.1) is 0 Å². The van der Waals surface area contributed by atoms with Gasteiger partial charge in [0.25, 0.3) is 5.89 Å². The first-order valence-corrected chi connectivity index (χ1v) is 11.3. The molecule has 2 aromatic carbocycles. The van der Waals surface area contributed by atoms with Gasteiger partial charge in [-0.3, -0.25) is 0 Å². The third-order valence-electron chi connectivity index (χ3n) is 4.64. The number of benzene rings is 2. The summed E-state index contributed by atoms with van der Waals surface area (Å²) in [7, 11) is -0.599. The van der Waals surface area contributed by atoms with Gasteiger partial charge in [-0.25, -0.2) is 12.8 Å². The molecule has 8 nitrogen and oxygen atoms in total. The highest BCUT2D eigenvalue weighted by molar-refractivity contribution is 7.89. The molecule has 0 radical (unpaired) electrons. The van der Waals surface area contributed by atoms with E-state index in [4.69, 9.17) is 18.4 Å². The fourth-order valence-corrected chi connectivity index (χ4v) is 4.51. The van der Waals surface area contributed by atoms with E-state index in [0.29, 0.717) is 22.9 Å². The van der Waals surface area contributed by atoms with Crippen molar-refractivity contribution in [3.05, 3.63) is 71.7 Å². The lowest BCUT2D eigenvalue weighted by atomic mass is 10.2. The number of furan rings is 1. The Morgan fingerprint density at radius 3 is 2.50 bits per heavy atom. The summed E-state index contributed by atoms with van der Waals surface area (Å²) in [5, 5.41) is 3.94. The molecule has 166 valence electrons. The predicted molar refractivity (Wildman–Crippen MR) is 113 cm³/mol. The molecule has 0 amide bonds. The molecule has 10 heteroatoms. The lowest BCUT2D eigenvalue weighted by molar-refractivity contribution is 0.355. The van der Waals surface area contributed by atoms with E-state index in [-0.39, 0.29) is 23.0 Å².